The Kier molecular flexibility index (Phi) is 6.18. The third-order valence-corrected chi connectivity index (χ3v) is 5.08. The Bertz CT molecular complexity index is 892. The summed E-state index contributed by atoms with van der Waals surface area (Å²) in [5.74, 6) is 2.40. The molecule has 0 bridgehead atoms. The fourth-order valence-electron chi connectivity index (χ4n) is 2.68. The first-order valence-electron chi connectivity index (χ1n) is 8.59. The smallest absolute Gasteiger partial charge is 0.233 e. The molecular weight excluding hydrogens is 364 g/mol. The van der Waals surface area contributed by atoms with Crippen LogP contribution in [-0.4, -0.2) is 45.5 Å². The molecule has 27 heavy (non-hydrogen) atoms. The number of hydrogen-bond acceptors (Lipinski definition) is 6. The molecule has 142 valence electrons. The van der Waals surface area contributed by atoms with Gasteiger partial charge in [-0.25, -0.2) is 0 Å². The van der Waals surface area contributed by atoms with Gasteiger partial charge in [0.05, 0.1) is 19.1 Å². The van der Waals surface area contributed by atoms with Gasteiger partial charge in [0, 0.05) is 25.7 Å². The van der Waals surface area contributed by atoms with E-state index in [1.54, 1.807) is 25.3 Å². The van der Waals surface area contributed by atoms with E-state index in [-0.39, 0.29) is 11.7 Å². The monoisotopic (exact) mass is 386 g/mol. The fourth-order valence-corrected chi connectivity index (χ4v) is 3.63. The molecule has 1 aromatic carbocycles. The molecule has 3 aromatic rings. The molecule has 0 N–H and O–H groups in total. The van der Waals surface area contributed by atoms with Crippen molar-refractivity contribution >= 4 is 17.7 Å². The second-order valence-corrected chi connectivity index (χ2v) is 6.82. The summed E-state index contributed by atoms with van der Waals surface area (Å²) in [7, 11) is 3.42. The summed E-state index contributed by atoms with van der Waals surface area (Å²) in [5.41, 5.74) is 0.970. The lowest BCUT2D eigenvalue weighted by atomic mass is 10.2. The zero-order chi connectivity index (χ0) is 19.2. The fraction of sp³-hybridized carbons (Fsp3) is 0.316. The van der Waals surface area contributed by atoms with Gasteiger partial charge in [-0.2, -0.15) is 0 Å². The average Bonchev–Trinajstić information content (AvgIpc) is 3.35. The van der Waals surface area contributed by atoms with Crippen molar-refractivity contribution in [2.24, 2.45) is 0 Å². The van der Waals surface area contributed by atoms with Crippen LogP contribution in [0.5, 0.6) is 5.75 Å². The highest BCUT2D eigenvalue weighted by molar-refractivity contribution is 7.99. The molecule has 0 saturated heterocycles. The topological polar surface area (TPSA) is 73.4 Å². The number of ether oxygens (including phenoxy) is 1. The Morgan fingerprint density at radius 3 is 2.78 bits per heavy atom. The maximum absolute atomic E-state index is 12.5. The second kappa shape index (κ2) is 8.77. The van der Waals surface area contributed by atoms with Crippen LogP contribution < -0.4 is 4.74 Å². The van der Waals surface area contributed by atoms with Crippen molar-refractivity contribution in [3.63, 3.8) is 0 Å². The molecule has 2 aromatic heterocycles. The summed E-state index contributed by atoms with van der Waals surface area (Å²) < 4.78 is 12.7. The van der Waals surface area contributed by atoms with Crippen molar-refractivity contribution in [2.75, 3.05) is 19.9 Å². The molecule has 0 atom stereocenters. The Hall–Kier alpha value is -2.74. The second-order valence-electron chi connectivity index (χ2n) is 5.88. The zero-order valence-electron chi connectivity index (χ0n) is 15.6. The number of nitrogens with zero attached hydrogens (tertiary/aromatic N) is 4. The largest absolute Gasteiger partial charge is 0.496 e. The highest BCUT2D eigenvalue weighted by Gasteiger charge is 2.18. The number of carbonyl (C=O) groups is 1. The molecule has 3 rings (SSSR count). The van der Waals surface area contributed by atoms with Crippen LogP contribution in [-0.2, 0) is 17.9 Å². The summed E-state index contributed by atoms with van der Waals surface area (Å²) >= 11 is 1.37. The van der Waals surface area contributed by atoms with Crippen LogP contribution in [0.15, 0.2) is 52.2 Å². The predicted octanol–water partition coefficient (Wildman–Crippen LogP) is 3.32. The van der Waals surface area contributed by atoms with Gasteiger partial charge < -0.3 is 14.1 Å². The molecular formula is C19H22N4O3S. The van der Waals surface area contributed by atoms with Gasteiger partial charge in [0.2, 0.25) is 5.91 Å². The lowest BCUT2D eigenvalue weighted by Gasteiger charge is -2.18. The van der Waals surface area contributed by atoms with Gasteiger partial charge in [-0.1, -0.05) is 30.0 Å². The molecule has 0 unspecified atom stereocenters. The predicted molar refractivity (Wildman–Crippen MR) is 104 cm³/mol. The van der Waals surface area contributed by atoms with Crippen LogP contribution in [0.2, 0.25) is 0 Å². The number of thioether (sulfide) groups is 1. The number of furan rings is 1. The van der Waals surface area contributed by atoms with E-state index < -0.39 is 0 Å². The van der Waals surface area contributed by atoms with E-state index >= 15 is 0 Å². The van der Waals surface area contributed by atoms with Crippen molar-refractivity contribution in [2.45, 2.75) is 25.2 Å². The van der Waals surface area contributed by atoms with Gasteiger partial charge >= 0.3 is 0 Å². The quantitative estimate of drug-likeness (QED) is 0.553. The first-order chi connectivity index (χ1) is 13.1. The van der Waals surface area contributed by atoms with E-state index in [1.807, 2.05) is 47.9 Å². The Morgan fingerprint density at radius 1 is 1.26 bits per heavy atom. The maximum atomic E-state index is 12.5. The first-order valence-corrected chi connectivity index (χ1v) is 9.58. The van der Waals surface area contributed by atoms with Crippen LogP contribution in [0, 0.1) is 0 Å². The normalized spacial score (nSPS) is 10.8. The minimum Gasteiger partial charge on any atom is -0.496 e. The van der Waals surface area contributed by atoms with E-state index in [9.17, 15) is 4.79 Å². The van der Waals surface area contributed by atoms with Crippen molar-refractivity contribution < 1.29 is 13.9 Å². The van der Waals surface area contributed by atoms with Gasteiger partial charge in [0.1, 0.15) is 5.75 Å². The number of carbonyl (C=O) groups excluding carboxylic acids is 1. The standard InChI is InChI=1S/C19H22N4O3S/c1-4-23-18(16-10-7-11-26-16)20-21-19(23)27-13-17(24)22(2)12-14-8-5-6-9-15(14)25-3/h5-11H,4,12-13H2,1-3H3. The van der Waals surface area contributed by atoms with Gasteiger partial charge in [-0.05, 0) is 25.1 Å². The molecule has 7 nitrogen and oxygen atoms in total. The maximum Gasteiger partial charge on any atom is 0.233 e. The number of methoxy groups -OCH3 is 1. The van der Waals surface area contributed by atoms with Crippen LogP contribution in [0.3, 0.4) is 0 Å². The summed E-state index contributed by atoms with van der Waals surface area (Å²) in [6, 6.07) is 11.4. The van der Waals surface area contributed by atoms with Gasteiger partial charge in [-0.15, -0.1) is 10.2 Å². The number of amides is 1. The van der Waals surface area contributed by atoms with E-state index in [2.05, 4.69) is 10.2 Å². The number of benzene rings is 1. The number of hydrogen-bond donors (Lipinski definition) is 0. The Balaban J connectivity index is 1.64. The van der Waals surface area contributed by atoms with E-state index in [1.165, 1.54) is 11.8 Å². The molecule has 0 saturated carbocycles. The molecule has 0 fully saturated rings. The van der Waals surface area contributed by atoms with Gasteiger partial charge in [0.15, 0.2) is 16.7 Å². The van der Waals surface area contributed by atoms with Crippen molar-refractivity contribution in [3.8, 4) is 17.3 Å². The molecule has 8 heteroatoms. The molecule has 1 amide bonds. The first kappa shape index (κ1) is 19.0. The summed E-state index contributed by atoms with van der Waals surface area (Å²) in [4.78, 5) is 14.2. The number of aromatic nitrogens is 3. The molecule has 2 heterocycles. The average molecular weight is 386 g/mol. The molecule has 0 aliphatic heterocycles. The van der Waals surface area contributed by atoms with Crippen LogP contribution >= 0.6 is 11.8 Å². The Morgan fingerprint density at radius 2 is 2.07 bits per heavy atom. The van der Waals surface area contributed by atoms with Crippen molar-refractivity contribution in [1.29, 1.82) is 0 Å². The van der Waals surface area contributed by atoms with Crippen LogP contribution in [0.1, 0.15) is 12.5 Å². The summed E-state index contributed by atoms with van der Waals surface area (Å²) in [6.07, 6.45) is 1.60. The molecule has 0 aliphatic carbocycles. The van der Waals surface area contributed by atoms with E-state index in [0.29, 0.717) is 29.8 Å². The van der Waals surface area contributed by atoms with Gasteiger partial charge in [0.25, 0.3) is 0 Å². The minimum atomic E-state index is 0.0103. The van der Waals surface area contributed by atoms with Crippen molar-refractivity contribution in [3.05, 3.63) is 48.2 Å². The lowest BCUT2D eigenvalue weighted by molar-refractivity contribution is -0.127. The number of para-hydroxylation sites is 1. The molecule has 0 radical (unpaired) electrons. The Labute approximate surface area is 162 Å². The van der Waals surface area contributed by atoms with Crippen LogP contribution in [0.25, 0.3) is 11.6 Å². The lowest BCUT2D eigenvalue weighted by Crippen LogP contribution is -2.28. The van der Waals surface area contributed by atoms with E-state index in [4.69, 9.17) is 9.15 Å². The third-order valence-electron chi connectivity index (χ3n) is 4.13. The highest BCUT2D eigenvalue weighted by Crippen LogP contribution is 2.25. The van der Waals surface area contributed by atoms with Crippen LogP contribution in [0.4, 0.5) is 0 Å². The van der Waals surface area contributed by atoms with E-state index in [0.717, 1.165) is 11.3 Å². The third kappa shape index (κ3) is 4.33. The molecule has 0 spiro atoms. The minimum absolute atomic E-state index is 0.0103. The zero-order valence-corrected chi connectivity index (χ0v) is 16.4. The van der Waals surface area contributed by atoms with Crippen molar-refractivity contribution in [1.82, 2.24) is 19.7 Å². The highest BCUT2D eigenvalue weighted by atomic mass is 32.2. The summed E-state index contributed by atoms with van der Waals surface area (Å²) in [6.45, 7) is 3.19. The van der Waals surface area contributed by atoms with Gasteiger partial charge in [-0.3, -0.25) is 9.36 Å². The number of rotatable bonds is 8. The SMILES string of the molecule is CCn1c(SCC(=O)N(C)Cc2ccccc2OC)nnc1-c1ccco1. The summed E-state index contributed by atoms with van der Waals surface area (Å²) in [5, 5.41) is 9.11. The molecule has 0 aliphatic rings.